The van der Waals surface area contributed by atoms with Crippen LogP contribution in [0.3, 0.4) is 0 Å². The number of nitrogens with one attached hydrogen (secondary N) is 3. The quantitative estimate of drug-likeness (QED) is 0.713. The second kappa shape index (κ2) is 5.65. The summed E-state index contributed by atoms with van der Waals surface area (Å²) in [6, 6.07) is 10.7. The average Bonchev–Trinajstić information content (AvgIpc) is 2.80. The molecule has 8 nitrogen and oxygen atoms in total. The summed E-state index contributed by atoms with van der Waals surface area (Å²) in [5.41, 5.74) is 0.637. The van der Waals surface area contributed by atoms with Gasteiger partial charge in [-0.1, -0.05) is 30.3 Å². The van der Waals surface area contributed by atoms with Gasteiger partial charge in [0.15, 0.2) is 0 Å². The smallest absolute Gasteiger partial charge is 0.328 e. The number of pyridine rings is 1. The van der Waals surface area contributed by atoms with Gasteiger partial charge in [-0.3, -0.25) is 19.8 Å². The lowest BCUT2D eigenvalue weighted by atomic mass is 9.92. The highest BCUT2D eigenvalue weighted by Crippen LogP contribution is 2.27. The average molecular weight is 326 g/mol. The second-order valence-corrected chi connectivity index (χ2v) is 5.42. The molecule has 1 aromatic carbocycles. The predicted molar refractivity (Wildman–Crippen MR) is 83.7 cm³/mol. The fourth-order valence-corrected chi connectivity index (χ4v) is 2.47. The van der Waals surface area contributed by atoms with E-state index in [-0.39, 0.29) is 5.56 Å². The van der Waals surface area contributed by atoms with E-state index in [1.807, 2.05) is 0 Å². The number of imide groups is 1. The zero-order valence-corrected chi connectivity index (χ0v) is 12.7. The Labute approximate surface area is 136 Å². The van der Waals surface area contributed by atoms with Gasteiger partial charge in [0.2, 0.25) is 0 Å². The first-order valence-corrected chi connectivity index (χ1v) is 7.14. The lowest BCUT2D eigenvalue weighted by Crippen LogP contribution is -2.48. The van der Waals surface area contributed by atoms with Crippen molar-refractivity contribution in [2.24, 2.45) is 0 Å². The Balaban J connectivity index is 1.87. The molecule has 0 saturated carbocycles. The van der Waals surface area contributed by atoms with Gasteiger partial charge in [-0.05, 0) is 24.6 Å². The molecule has 1 saturated heterocycles. The van der Waals surface area contributed by atoms with Gasteiger partial charge in [-0.2, -0.15) is 5.01 Å². The molecular formula is C16H14N4O4. The maximum atomic E-state index is 12.6. The number of hydrazine groups is 1. The fraction of sp³-hybridized carbons (Fsp3) is 0.125. The molecule has 8 heteroatoms. The highest BCUT2D eigenvalue weighted by atomic mass is 16.2. The molecule has 1 fully saturated rings. The second-order valence-electron chi connectivity index (χ2n) is 5.42. The zero-order chi connectivity index (χ0) is 17.3. The Bertz CT molecular complexity index is 877. The SMILES string of the molecule is C[C@]1(c2ccccc2)NC(=O)N(NC(=O)c2ccc[nH]c2=O)C1=O. The van der Waals surface area contributed by atoms with Crippen molar-refractivity contribution in [2.45, 2.75) is 12.5 Å². The van der Waals surface area contributed by atoms with E-state index >= 15 is 0 Å². The van der Waals surface area contributed by atoms with Crippen molar-refractivity contribution < 1.29 is 14.4 Å². The van der Waals surface area contributed by atoms with Crippen LogP contribution >= 0.6 is 0 Å². The van der Waals surface area contributed by atoms with Crippen LogP contribution in [0.4, 0.5) is 4.79 Å². The zero-order valence-electron chi connectivity index (χ0n) is 12.7. The Kier molecular flexibility index (Phi) is 3.64. The third kappa shape index (κ3) is 2.43. The number of aromatic amines is 1. The Hall–Kier alpha value is -3.42. The van der Waals surface area contributed by atoms with E-state index in [1.54, 1.807) is 37.3 Å². The number of nitrogens with zero attached hydrogens (tertiary/aromatic N) is 1. The van der Waals surface area contributed by atoms with Crippen LogP contribution in [0.1, 0.15) is 22.8 Å². The molecular weight excluding hydrogens is 312 g/mol. The minimum Gasteiger partial charge on any atom is -0.328 e. The lowest BCUT2D eigenvalue weighted by Gasteiger charge is -2.22. The summed E-state index contributed by atoms with van der Waals surface area (Å²) in [5, 5.41) is 3.14. The van der Waals surface area contributed by atoms with Crippen LogP contribution in [0.5, 0.6) is 0 Å². The van der Waals surface area contributed by atoms with Crippen molar-refractivity contribution in [3.63, 3.8) is 0 Å². The van der Waals surface area contributed by atoms with E-state index in [0.29, 0.717) is 10.6 Å². The number of aromatic nitrogens is 1. The Morgan fingerprint density at radius 1 is 1.08 bits per heavy atom. The molecule has 1 atom stereocenters. The van der Waals surface area contributed by atoms with Gasteiger partial charge < -0.3 is 10.3 Å². The number of hydrogen-bond donors (Lipinski definition) is 3. The molecule has 3 rings (SSSR count). The van der Waals surface area contributed by atoms with E-state index < -0.39 is 28.9 Å². The van der Waals surface area contributed by atoms with Gasteiger partial charge in [0.05, 0.1) is 0 Å². The van der Waals surface area contributed by atoms with Crippen molar-refractivity contribution in [1.82, 2.24) is 20.7 Å². The van der Waals surface area contributed by atoms with Gasteiger partial charge in [0.25, 0.3) is 17.4 Å². The van der Waals surface area contributed by atoms with E-state index in [2.05, 4.69) is 15.7 Å². The number of benzene rings is 1. The van der Waals surface area contributed by atoms with Gasteiger partial charge in [0, 0.05) is 6.20 Å². The monoisotopic (exact) mass is 326 g/mol. The van der Waals surface area contributed by atoms with Crippen LogP contribution < -0.4 is 16.3 Å². The molecule has 24 heavy (non-hydrogen) atoms. The minimum absolute atomic E-state index is 0.202. The first kappa shape index (κ1) is 15.5. The summed E-state index contributed by atoms with van der Waals surface area (Å²) >= 11 is 0. The van der Waals surface area contributed by atoms with Crippen molar-refractivity contribution >= 4 is 17.8 Å². The Morgan fingerprint density at radius 2 is 1.79 bits per heavy atom. The number of hydrogen-bond acceptors (Lipinski definition) is 4. The van der Waals surface area contributed by atoms with Crippen molar-refractivity contribution in [3.05, 3.63) is 70.1 Å². The van der Waals surface area contributed by atoms with Crippen LogP contribution in [0.2, 0.25) is 0 Å². The number of carbonyl (C=O) groups excluding carboxylic acids is 3. The number of H-pyrrole nitrogens is 1. The lowest BCUT2D eigenvalue weighted by molar-refractivity contribution is -0.132. The van der Waals surface area contributed by atoms with Crippen LogP contribution in [-0.2, 0) is 10.3 Å². The number of rotatable bonds is 3. The van der Waals surface area contributed by atoms with Crippen LogP contribution in [0.15, 0.2) is 53.5 Å². The van der Waals surface area contributed by atoms with E-state index in [0.717, 1.165) is 0 Å². The number of amides is 4. The summed E-state index contributed by atoms with van der Waals surface area (Å²) in [5.74, 6) is -1.49. The summed E-state index contributed by atoms with van der Waals surface area (Å²) < 4.78 is 0. The topological polar surface area (TPSA) is 111 Å². The fourth-order valence-electron chi connectivity index (χ4n) is 2.47. The molecule has 0 aliphatic carbocycles. The molecule has 1 aromatic heterocycles. The van der Waals surface area contributed by atoms with Crippen molar-refractivity contribution in [2.75, 3.05) is 0 Å². The highest BCUT2D eigenvalue weighted by Gasteiger charge is 2.50. The third-order valence-corrected chi connectivity index (χ3v) is 3.82. The molecule has 122 valence electrons. The molecule has 2 aromatic rings. The standard InChI is InChI=1S/C16H14N4O4/c1-16(10-6-3-2-4-7-10)14(23)20(15(24)18-16)19-13(22)11-8-5-9-17-12(11)21/h2-9H,1H3,(H,17,21)(H,18,24)(H,19,22)/t16-/m1/s1. The van der Waals surface area contributed by atoms with Crippen molar-refractivity contribution in [1.29, 1.82) is 0 Å². The summed E-state index contributed by atoms with van der Waals surface area (Å²) in [7, 11) is 0. The molecule has 0 spiro atoms. The molecule has 4 amide bonds. The third-order valence-electron chi connectivity index (χ3n) is 3.82. The highest BCUT2D eigenvalue weighted by molar-refractivity contribution is 6.09. The first-order valence-electron chi connectivity index (χ1n) is 7.14. The van der Waals surface area contributed by atoms with Gasteiger partial charge in [-0.25, -0.2) is 4.79 Å². The van der Waals surface area contributed by atoms with E-state index in [1.165, 1.54) is 18.3 Å². The van der Waals surface area contributed by atoms with Crippen LogP contribution in [0, 0.1) is 0 Å². The molecule has 2 heterocycles. The van der Waals surface area contributed by atoms with Gasteiger partial charge in [-0.15, -0.1) is 0 Å². The molecule has 0 radical (unpaired) electrons. The number of carbonyl (C=O) groups is 3. The number of urea groups is 1. The maximum absolute atomic E-state index is 12.6. The van der Waals surface area contributed by atoms with E-state index in [4.69, 9.17) is 0 Å². The first-order chi connectivity index (χ1) is 11.4. The largest absolute Gasteiger partial charge is 0.344 e. The molecule has 0 unspecified atom stereocenters. The van der Waals surface area contributed by atoms with Gasteiger partial charge >= 0.3 is 6.03 Å². The normalized spacial score (nSPS) is 20.0. The van der Waals surface area contributed by atoms with E-state index in [9.17, 15) is 19.2 Å². The maximum Gasteiger partial charge on any atom is 0.344 e. The summed E-state index contributed by atoms with van der Waals surface area (Å²) in [4.78, 5) is 50.9. The summed E-state index contributed by atoms with van der Waals surface area (Å²) in [6.45, 7) is 1.55. The molecule has 1 aliphatic heterocycles. The van der Waals surface area contributed by atoms with Gasteiger partial charge in [0.1, 0.15) is 11.1 Å². The predicted octanol–water partition coefficient (Wildman–Crippen LogP) is 0.487. The van der Waals surface area contributed by atoms with Crippen molar-refractivity contribution in [3.8, 4) is 0 Å². The summed E-state index contributed by atoms with van der Waals surface area (Å²) in [6.07, 6.45) is 1.37. The minimum atomic E-state index is -1.30. The van der Waals surface area contributed by atoms with Crippen LogP contribution in [0.25, 0.3) is 0 Å². The Morgan fingerprint density at radius 3 is 2.46 bits per heavy atom. The van der Waals surface area contributed by atoms with Crippen LogP contribution in [-0.4, -0.2) is 27.8 Å². The molecule has 3 N–H and O–H groups in total. The molecule has 1 aliphatic rings. The molecule has 0 bridgehead atoms.